The lowest BCUT2D eigenvalue weighted by Crippen LogP contribution is -2.39. The molecule has 2 amide bonds. The summed E-state index contributed by atoms with van der Waals surface area (Å²) in [5, 5.41) is 3.04. The maximum Gasteiger partial charge on any atom is 0.254 e. The molecule has 0 unspecified atom stereocenters. The molecule has 0 aromatic heterocycles. The molecule has 0 saturated heterocycles. The van der Waals surface area contributed by atoms with E-state index in [9.17, 15) is 9.59 Å². The third-order valence-corrected chi connectivity index (χ3v) is 4.02. The minimum absolute atomic E-state index is 0.0510. The van der Waals surface area contributed by atoms with Crippen molar-refractivity contribution < 1.29 is 9.59 Å². The third kappa shape index (κ3) is 3.84. The Kier molecular flexibility index (Phi) is 5.87. The van der Waals surface area contributed by atoms with Gasteiger partial charge in [0.2, 0.25) is 5.91 Å². The smallest absolute Gasteiger partial charge is 0.254 e. The second-order valence-corrected chi connectivity index (χ2v) is 5.19. The van der Waals surface area contributed by atoms with E-state index in [1.54, 1.807) is 25.2 Å². The molecular formula is C12H14ClIN2O2. The quantitative estimate of drug-likeness (QED) is 0.814. The molecule has 0 atom stereocenters. The minimum Gasteiger partial charge on any atom is -0.358 e. The number of nitrogens with zero attached hydrogens (tertiary/aromatic N) is 1. The average Bonchev–Trinajstić information content (AvgIpc) is 2.38. The Morgan fingerprint density at radius 1 is 1.44 bits per heavy atom. The molecule has 6 heteroatoms. The number of amides is 2. The van der Waals surface area contributed by atoms with Crippen LogP contribution in [0.5, 0.6) is 0 Å². The SMILES string of the molecule is CCN(CC(=O)NC)C(=O)c1ccc(I)c(Cl)c1. The Morgan fingerprint density at radius 3 is 2.61 bits per heavy atom. The summed E-state index contributed by atoms with van der Waals surface area (Å²) in [6.45, 7) is 2.35. The first-order chi connectivity index (χ1) is 8.49. The van der Waals surface area contributed by atoms with Crippen molar-refractivity contribution in [3.8, 4) is 0 Å². The summed E-state index contributed by atoms with van der Waals surface area (Å²) in [4.78, 5) is 25.0. The van der Waals surface area contributed by atoms with E-state index in [1.165, 1.54) is 4.90 Å². The number of rotatable bonds is 4. The summed E-state index contributed by atoms with van der Waals surface area (Å²) in [7, 11) is 1.54. The van der Waals surface area contributed by atoms with Crippen LogP contribution < -0.4 is 5.32 Å². The van der Waals surface area contributed by atoms with Crippen molar-refractivity contribution >= 4 is 46.0 Å². The fraction of sp³-hybridized carbons (Fsp3) is 0.333. The number of nitrogens with one attached hydrogen (secondary N) is 1. The third-order valence-electron chi connectivity index (χ3n) is 2.45. The number of hydrogen-bond acceptors (Lipinski definition) is 2. The summed E-state index contributed by atoms with van der Waals surface area (Å²) in [5.74, 6) is -0.388. The van der Waals surface area contributed by atoms with Gasteiger partial charge in [-0.25, -0.2) is 0 Å². The van der Waals surface area contributed by atoms with E-state index in [0.29, 0.717) is 17.1 Å². The summed E-state index contributed by atoms with van der Waals surface area (Å²) in [6, 6.07) is 5.12. The molecule has 0 aliphatic carbocycles. The van der Waals surface area contributed by atoms with Crippen LogP contribution in [0.15, 0.2) is 18.2 Å². The van der Waals surface area contributed by atoms with Gasteiger partial charge in [-0.2, -0.15) is 0 Å². The number of halogens is 2. The van der Waals surface area contributed by atoms with Gasteiger partial charge in [0.1, 0.15) is 0 Å². The molecular weight excluding hydrogens is 367 g/mol. The van der Waals surface area contributed by atoms with Crippen molar-refractivity contribution in [1.29, 1.82) is 0 Å². The first kappa shape index (κ1) is 15.2. The number of carbonyl (C=O) groups excluding carboxylic acids is 2. The van der Waals surface area contributed by atoms with Crippen LogP contribution >= 0.6 is 34.2 Å². The van der Waals surface area contributed by atoms with Gasteiger partial charge in [-0.05, 0) is 47.7 Å². The minimum atomic E-state index is -0.195. The summed E-state index contributed by atoms with van der Waals surface area (Å²) < 4.78 is 0.889. The van der Waals surface area contributed by atoms with Crippen LogP contribution in [0.4, 0.5) is 0 Å². The van der Waals surface area contributed by atoms with Gasteiger partial charge < -0.3 is 10.2 Å². The van der Waals surface area contributed by atoms with E-state index in [2.05, 4.69) is 27.9 Å². The van der Waals surface area contributed by atoms with Crippen molar-refractivity contribution in [1.82, 2.24) is 10.2 Å². The van der Waals surface area contributed by atoms with Gasteiger partial charge in [0.25, 0.3) is 5.91 Å². The fourth-order valence-corrected chi connectivity index (χ4v) is 1.91. The molecule has 0 saturated carbocycles. The zero-order valence-electron chi connectivity index (χ0n) is 10.2. The van der Waals surface area contributed by atoms with Gasteiger partial charge in [-0.1, -0.05) is 11.6 Å². The van der Waals surface area contributed by atoms with Gasteiger partial charge in [-0.3, -0.25) is 9.59 Å². The lowest BCUT2D eigenvalue weighted by molar-refractivity contribution is -0.121. The zero-order valence-corrected chi connectivity index (χ0v) is 13.1. The standard InChI is InChI=1S/C12H14ClIN2O2/c1-3-16(7-11(17)15-2)12(18)8-4-5-10(14)9(13)6-8/h4-6H,3,7H2,1-2H3,(H,15,17). The zero-order chi connectivity index (χ0) is 13.7. The van der Waals surface area contributed by atoms with Gasteiger partial charge >= 0.3 is 0 Å². The highest BCUT2D eigenvalue weighted by Crippen LogP contribution is 2.20. The number of hydrogen-bond donors (Lipinski definition) is 1. The Hall–Kier alpha value is -0.820. The summed E-state index contributed by atoms with van der Waals surface area (Å²) in [5.41, 5.74) is 0.492. The van der Waals surface area contributed by atoms with Crippen LogP contribution in [-0.4, -0.2) is 36.9 Å². The van der Waals surface area contributed by atoms with Crippen LogP contribution in [0.1, 0.15) is 17.3 Å². The monoisotopic (exact) mass is 380 g/mol. The molecule has 0 bridgehead atoms. The molecule has 1 rings (SSSR count). The van der Waals surface area contributed by atoms with Crippen molar-refractivity contribution in [2.24, 2.45) is 0 Å². The average molecular weight is 381 g/mol. The van der Waals surface area contributed by atoms with Gasteiger partial charge in [0.05, 0.1) is 11.6 Å². The lowest BCUT2D eigenvalue weighted by Gasteiger charge is -2.20. The van der Waals surface area contributed by atoms with Crippen molar-refractivity contribution in [3.63, 3.8) is 0 Å². The second kappa shape index (κ2) is 6.94. The second-order valence-electron chi connectivity index (χ2n) is 3.62. The van der Waals surface area contributed by atoms with E-state index in [1.807, 2.05) is 6.92 Å². The summed E-state index contributed by atoms with van der Waals surface area (Å²) in [6.07, 6.45) is 0. The number of carbonyl (C=O) groups is 2. The molecule has 0 aliphatic rings. The predicted octanol–water partition coefficient (Wildman–Crippen LogP) is 2.15. The Labute approximate surface area is 125 Å². The Morgan fingerprint density at radius 2 is 2.11 bits per heavy atom. The Balaban J connectivity index is 2.89. The molecule has 0 aliphatic heterocycles. The highest BCUT2D eigenvalue weighted by atomic mass is 127. The number of likely N-dealkylation sites (N-methyl/N-ethyl adjacent to an activating group) is 2. The molecule has 4 nitrogen and oxygen atoms in total. The van der Waals surface area contributed by atoms with Crippen molar-refractivity contribution in [2.45, 2.75) is 6.92 Å². The number of benzene rings is 1. The molecule has 98 valence electrons. The molecule has 1 N–H and O–H groups in total. The highest BCUT2D eigenvalue weighted by Gasteiger charge is 2.17. The van der Waals surface area contributed by atoms with E-state index in [4.69, 9.17) is 11.6 Å². The van der Waals surface area contributed by atoms with Crippen molar-refractivity contribution in [3.05, 3.63) is 32.4 Å². The van der Waals surface area contributed by atoms with E-state index in [-0.39, 0.29) is 18.4 Å². The first-order valence-electron chi connectivity index (χ1n) is 5.44. The maximum absolute atomic E-state index is 12.2. The Bertz CT molecular complexity index is 465. The lowest BCUT2D eigenvalue weighted by atomic mass is 10.2. The molecule has 1 aromatic rings. The van der Waals surface area contributed by atoms with Crippen LogP contribution in [0, 0.1) is 3.57 Å². The van der Waals surface area contributed by atoms with Crippen LogP contribution in [0.25, 0.3) is 0 Å². The largest absolute Gasteiger partial charge is 0.358 e. The predicted molar refractivity (Wildman–Crippen MR) is 79.8 cm³/mol. The molecule has 0 fully saturated rings. The molecule has 0 spiro atoms. The van der Waals surface area contributed by atoms with E-state index >= 15 is 0 Å². The summed E-state index contributed by atoms with van der Waals surface area (Å²) >= 11 is 8.08. The van der Waals surface area contributed by atoms with Crippen LogP contribution in [0.3, 0.4) is 0 Å². The first-order valence-corrected chi connectivity index (χ1v) is 6.90. The van der Waals surface area contributed by atoms with Crippen molar-refractivity contribution in [2.75, 3.05) is 20.1 Å². The van der Waals surface area contributed by atoms with Gasteiger partial charge in [-0.15, -0.1) is 0 Å². The molecule has 1 aromatic carbocycles. The normalized spacial score (nSPS) is 10.0. The molecule has 18 heavy (non-hydrogen) atoms. The van der Waals surface area contributed by atoms with Crippen LogP contribution in [-0.2, 0) is 4.79 Å². The van der Waals surface area contributed by atoms with Gasteiger partial charge in [0, 0.05) is 22.7 Å². The molecule has 0 radical (unpaired) electrons. The topological polar surface area (TPSA) is 49.4 Å². The highest BCUT2D eigenvalue weighted by molar-refractivity contribution is 14.1. The fourth-order valence-electron chi connectivity index (χ4n) is 1.39. The van der Waals surface area contributed by atoms with Gasteiger partial charge in [0.15, 0.2) is 0 Å². The van der Waals surface area contributed by atoms with E-state index < -0.39 is 0 Å². The van der Waals surface area contributed by atoms with E-state index in [0.717, 1.165) is 3.57 Å². The van der Waals surface area contributed by atoms with Crippen LogP contribution in [0.2, 0.25) is 5.02 Å². The maximum atomic E-state index is 12.2. The molecule has 0 heterocycles.